The zero-order valence-corrected chi connectivity index (χ0v) is 6.14. The van der Waals surface area contributed by atoms with Gasteiger partial charge in [0.2, 0.25) is 0 Å². The van der Waals surface area contributed by atoms with Gasteiger partial charge in [-0.2, -0.15) is 0 Å². The highest BCUT2D eigenvalue weighted by Gasteiger charge is 2.03. The molecule has 7 heteroatoms. The van der Waals surface area contributed by atoms with Crippen molar-refractivity contribution in [1.82, 2.24) is 9.03 Å². The Labute approximate surface area is 62.2 Å². The molecule has 10 heavy (non-hydrogen) atoms. The van der Waals surface area contributed by atoms with Gasteiger partial charge in [0.05, 0.1) is 12.1 Å². The fourth-order valence-corrected chi connectivity index (χ4v) is 0.475. The van der Waals surface area contributed by atoms with E-state index in [4.69, 9.17) is 11.5 Å². The second kappa shape index (κ2) is 3.83. The predicted octanol–water partition coefficient (Wildman–Crippen LogP) is -0.772. The van der Waals surface area contributed by atoms with Crippen molar-refractivity contribution in [2.45, 2.75) is 0 Å². The lowest BCUT2D eigenvalue weighted by atomic mass is 11.0. The second-order valence-electron chi connectivity index (χ2n) is 1.39. The van der Waals surface area contributed by atoms with E-state index in [9.17, 15) is 9.59 Å². The maximum atomic E-state index is 10.2. The Bertz CT molecular complexity index is 149. The van der Waals surface area contributed by atoms with Gasteiger partial charge in [0.1, 0.15) is 0 Å². The third-order valence-corrected chi connectivity index (χ3v) is 1.34. The summed E-state index contributed by atoms with van der Waals surface area (Å²) in [6, 6.07) is -1.38. The summed E-state index contributed by atoms with van der Waals surface area (Å²) in [6.45, 7) is 0. The highest BCUT2D eigenvalue weighted by Crippen LogP contribution is 1.98. The van der Waals surface area contributed by atoms with Gasteiger partial charge in [-0.15, -0.1) is 0 Å². The number of urea groups is 2. The molecular formula is C3H8N4O2S. The molecule has 0 rings (SSSR count). The number of rotatable bonds is 2. The van der Waals surface area contributed by atoms with Crippen molar-refractivity contribution in [3.8, 4) is 0 Å². The lowest BCUT2D eigenvalue weighted by molar-refractivity contribution is 0.239. The Balaban J connectivity index is 3.49. The molecule has 0 aliphatic heterocycles. The molecule has 0 spiro atoms. The van der Waals surface area contributed by atoms with Crippen LogP contribution in [0.25, 0.3) is 0 Å². The average Bonchev–Trinajstić information content (AvgIpc) is 1.82. The van der Waals surface area contributed by atoms with E-state index in [2.05, 4.69) is 4.72 Å². The molecular weight excluding hydrogens is 156 g/mol. The summed E-state index contributed by atoms with van der Waals surface area (Å²) in [6.07, 6.45) is 0. The summed E-state index contributed by atoms with van der Waals surface area (Å²) in [5.74, 6) is 0. The molecule has 0 saturated heterocycles. The van der Waals surface area contributed by atoms with Crippen molar-refractivity contribution in [3.05, 3.63) is 0 Å². The summed E-state index contributed by atoms with van der Waals surface area (Å²) in [5.41, 5.74) is 9.49. The second-order valence-corrected chi connectivity index (χ2v) is 2.33. The molecule has 0 aliphatic rings. The van der Waals surface area contributed by atoms with Crippen LogP contribution in [0.5, 0.6) is 0 Å². The summed E-state index contributed by atoms with van der Waals surface area (Å²) in [7, 11) is 1.41. The first kappa shape index (κ1) is 8.89. The van der Waals surface area contributed by atoms with Crippen molar-refractivity contribution >= 4 is 24.2 Å². The molecule has 0 atom stereocenters. The quantitative estimate of drug-likeness (QED) is 0.467. The van der Waals surface area contributed by atoms with Gasteiger partial charge in [-0.25, -0.2) is 9.59 Å². The molecule has 0 aromatic heterocycles. The Kier molecular flexibility index (Phi) is 3.40. The average molecular weight is 164 g/mol. The number of nitrogens with one attached hydrogen (secondary N) is 1. The molecule has 0 saturated carbocycles. The minimum Gasteiger partial charge on any atom is -0.351 e. The first-order valence-corrected chi connectivity index (χ1v) is 3.07. The molecule has 4 amide bonds. The predicted molar refractivity (Wildman–Crippen MR) is 37.7 cm³/mol. The minimum atomic E-state index is -0.724. The summed E-state index contributed by atoms with van der Waals surface area (Å²) < 4.78 is 3.14. The van der Waals surface area contributed by atoms with E-state index in [1.807, 2.05) is 0 Å². The van der Waals surface area contributed by atoms with Gasteiger partial charge in [-0.3, -0.25) is 9.03 Å². The zero-order chi connectivity index (χ0) is 8.15. The van der Waals surface area contributed by atoms with Gasteiger partial charge in [-0.05, 0) is 0 Å². The van der Waals surface area contributed by atoms with Crippen LogP contribution in [0.15, 0.2) is 0 Å². The van der Waals surface area contributed by atoms with Gasteiger partial charge in [0.15, 0.2) is 0 Å². The number of carbonyl (C=O) groups excluding carboxylic acids is 2. The lowest BCUT2D eigenvalue weighted by Crippen LogP contribution is -2.33. The van der Waals surface area contributed by atoms with Gasteiger partial charge in [0, 0.05) is 7.05 Å². The van der Waals surface area contributed by atoms with Gasteiger partial charge >= 0.3 is 12.1 Å². The minimum absolute atomic E-state index is 0.654. The van der Waals surface area contributed by atoms with Gasteiger partial charge in [0.25, 0.3) is 0 Å². The van der Waals surface area contributed by atoms with Crippen LogP contribution in [-0.4, -0.2) is 23.4 Å². The number of hydrogen-bond acceptors (Lipinski definition) is 3. The number of primary amides is 2. The number of nitrogens with zero attached hydrogens (tertiary/aromatic N) is 1. The van der Waals surface area contributed by atoms with Crippen molar-refractivity contribution in [1.29, 1.82) is 0 Å². The maximum Gasteiger partial charge on any atom is 0.325 e. The Morgan fingerprint density at radius 1 is 1.50 bits per heavy atom. The van der Waals surface area contributed by atoms with Crippen molar-refractivity contribution in [2.24, 2.45) is 11.5 Å². The molecule has 0 fully saturated rings. The molecule has 0 unspecified atom stereocenters. The molecule has 0 aromatic rings. The van der Waals surface area contributed by atoms with Crippen LogP contribution in [0, 0.1) is 0 Å². The maximum absolute atomic E-state index is 10.2. The number of hydrogen-bond donors (Lipinski definition) is 3. The molecule has 6 nitrogen and oxygen atoms in total. The normalized spacial score (nSPS) is 8.50. The van der Waals surface area contributed by atoms with Crippen LogP contribution in [0.2, 0.25) is 0 Å². The number of nitrogens with two attached hydrogens (primary N) is 2. The van der Waals surface area contributed by atoms with Crippen LogP contribution in [0.1, 0.15) is 0 Å². The smallest absolute Gasteiger partial charge is 0.325 e. The molecule has 0 heterocycles. The number of amides is 4. The first-order valence-electron chi connectivity index (χ1n) is 2.29. The van der Waals surface area contributed by atoms with Crippen molar-refractivity contribution < 1.29 is 9.59 Å². The third-order valence-electron chi connectivity index (χ3n) is 0.594. The van der Waals surface area contributed by atoms with Crippen LogP contribution < -0.4 is 16.2 Å². The summed E-state index contributed by atoms with van der Waals surface area (Å²) >= 11 is 0.727. The Hall–Kier alpha value is -1.11. The van der Waals surface area contributed by atoms with E-state index in [0.29, 0.717) is 0 Å². The fourth-order valence-electron chi connectivity index (χ4n) is 0.158. The Morgan fingerprint density at radius 2 is 2.00 bits per heavy atom. The van der Waals surface area contributed by atoms with Gasteiger partial charge in [-0.1, -0.05) is 0 Å². The highest BCUT2D eigenvalue weighted by atomic mass is 32.2. The molecule has 0 bridgehead atoms. The summed E-state index contributed by atoms with van der Waals surface area (Å²) in [5, 5.41) is 0. The largest absolute Gasteiger partial charge is 0.351 e. The lowest BCUT2D eigenvalue weighted by Gasteiger charge is -2.10. The zero-order valence-electron chi connectivity index (χ0n) is 5.33. The van der Waals surface area contributed by atoms with Crippen LogP contribution in [-0.2, 0) is 0 Å². The van der Waals surface area contributed by atoms with Gasteiger partial charge < -0.3 is 11.5 Å². The molecule has 0 radical (unpaired) electrons. The van der Waals surface area contributed by atoms with E-state index >= 15 is 0 Å². The highest BCUT2D eigenvalue weighted by molar-refractivity contribution is 7.96. The Morgan fingerprint density at radius 3 is 2.30 bits per heavy atom. The van der Waals surface area contributed by atoms with Crippen LogP contribution in [0.4, 0.5) is 9.59 Å². The standard InChI is InChI=1S/C3H8N4O2S/c1-7(3(5)9)10-6-2(4)8/h1H3,(H2,5,9)(H3,4,6,8). The van der Waals surface area contributed by atoms with Crippen LogP contribution in [0.3, 0.4) is 0 Å². The van der Waals surface area contributed by atoms with E-state index < -0.39 is 12.1 Å². The molecule has 0 aromatic carbocycles. The van der Waals surface area contributed by atoms with E-state index in [0.717, 1.165) is 16.4 Å². The van der Waals surface area contributed by atoms with E-state index in [1.165, 1.54) is 7.05 Å². The third kappa shape index (κ3) is 3.84. The molecule has 58 valence electrons. The van der Waals surface area contributed by atoms with E-state index in [1.54, 1.807) is 0 Å². The SMILES string of the molecule is CN(SNC(N)=O)C(N)=O. The number of carbonyl (C=O) groups is 2. The van der Waals surface area contributed by atoms with Crippen LogP contribution >= 0.6 is 12.1 Å². The monoisotopic (exact) mass is 164 g/mol. The topological polar surface area (TPSA) is 101 Å². The first-order chi connectivity index (χ1) is 4.54. The van der Waals surface area contributed by atoms with Crippen molar-refractivity contribution in [2.75, 3.05) is 7.05 Å². The summed E-state index contributed by atoms with van der Waals surface area (Å²) in [4.78, 5) is 20.3. The van der Waals surface area contributed by atoms with Crippen molar-refractivity contribution in [3.63, 3.8) is 0 Å². The van der Waals surface area contributed by atoms with E-state index in [-0.39, 0.29) is 0 Å². The molecule has 5 N–H and O–H groups in total. The molecule has 0 aliphatic carbocycles. The fraction of sp³-hybridized carbons (Fsp3) is 0.333.